The van der Waals surface area contributed by atoms with Crippen LogP contribution in [0.3, 0.4) is 0 Å². The number of rotatable bonds is 11. The Labute approximate surface area is 815 Å². The SMILES string of the molecule is CC1(C)c2ccccc2-c2c1cc(-c1ccc(-c3nc(-c4ccccc4)nc(-c4ccccc4)n3)cc1)c1oc3ccccc3c21.CC1(C)c2ccccc2-c2c1cc(-c1cccc(-c3nc(-c4ccccc4)nc(-c4ccccc4)n3)c1)c1oc3ccccc3c21.CC1(C)c2ccccc2-c2ccc(-c3nc(-c4ccccc4)nc(-c4cc5c(c6c4oc4ccccc46)-c4ccccc4C5(C)C)n3)cc21. The first-order chi connectivity index (χ1) is 68.9. The Kier molecular flexibility index (Phi) is 19.4. The summed E-state index contributed by atoms with van der Waals surface area (Å²) in [5.74, 6) is 5.74. The van der Waals surface area contributed by atoms with Gasteiger partial charge in [0.05, 0.1) is 5.56 Å². The van der Waals surface area contributed by atoms with E-state index in [2.05, 4.69) is 304 Å². The van der Waals surface area contributed by atoms with Crippen molar-refractivity contribution in [2.45, 2.75) is 77.0 Å². The molecule has 18 aromatic carbocycles. The molecule has 4 aliphatic rings. The van der Waals surface area contributed by atoms with E-state index in [0.717, 1.165) is 127 Å². The van der Waals surface area contributed by atoms with Crippen LogP contribution in [0.1, 0.15) is 99.9 Å². The largest absolute Gasteiger partial charge is 0.455 e. The second kappa shape index (κ2) is 32.5. The average molecular weight is 1820 g/mol. The van der Waals surface area contributed by atoms with Gasteiger partial charge in [0.15, 0.2) is 52.4 Å². The summed E-state index contributed by atoms with van der Waals surface area (Å²) in [5, 5.41) is 6.85. The molecule has 6 aromatic heterocycles. The van der Waals surface area contributed by atoms with Crippen LogP contribution in [0.5, 0.6) is 0 Å². The molecule has 141 heavy (non-hydrogen) atoms. The van der Waals surface area contributed by atoms with Crippen LogP contribution in [-0.2, 0) is 21.7 Å². The van der Waals surface area contributed by atoms with Gasteiger partial charge in [0.25, 0.3) is 0 Å². The van der Waals surface area contributed by atoms with E-state index >= 15 is 0 Å². The van der Waals surface area contributed by atoms with E-state index in [1.54, 1.807) is 0 Å². The zero-order chi connectivity index (χ0) is 94.7. The van der Waals surface area contributed by atoms with Gasteiger partial charge in [-0.1, -0.05) is 413 Å². The number of para-hydroxylation sites is 3. The highest BCUT2D eigenvalue weighted by molar-refractivity contribution is 6.22. The van der Waals surface area contributed by atoms with E-state index in [9.17, 15) is 0 Å². The van der Waals surface area contributed by atoms with Gasteiger partial charge in [-0.3, -0.25) is 0 Å². The van der Waals surface area contributed by atoms with Crippen LogP contribution in [0.15, 0.2) is 420 Å². The van der Waals surface area contributed by atoms with Gasteiger partial charge in [-0.2, -0.15) is 0 Å². The van der Waals surface area contributed by atoms with Crippen molar-refractivity contribution in [2.75, 3.05) is 0 Å². The zero-order valence-corrected chi connectivity index (χ0v) is 78.9. The van der Waals surface area contributed by atoms with Crippen molar-refractivity contribution in [3.8, 4) is 169 Å². The molecule has 12 heteroatoms. The Morgan fingerprint density at radius 1 is 0.156 bits per heavy atom. The molecule has 0 radical (unpaired) electrons. The summed E-state index contributed by atoms with van der Waals surface area (Å²) in [6.07, 6.45) is 0. The summed E-state index contributed by atoms with van der Waals surface area (Å²) >= 11 is 0. The number of fused-ring (bicyclic) bond motifs is 24. The van der Waals surface area contributed by atoms with E-state index in [4.69, 9.17) is 58.1 Å². The maximum Gasteiger partial charge on any atom is 0.167 e. The van der Waals surface area contributed by atoms with E-state index in [0.29, 0.717) is 52.4 Å². The van der Waals surface area contributed by atoms with Gasteiger partial charge in [-0.05, 0) is 149 Å². The van der Waals surface area contributed by atoms with Crippen LogP contribution in [0.25, 0.3) is 235 Å². The first-order valence-electron chi connectivity index (χ1n) is 48.2. The fourth-order valence-electron chi connectivity index (χ4n) is 22.5. The maximum atomic E-state index is 6.76. The average Bonchev–Trinajstić information content (AvgIpc) is 1.55. The minimum absolute atomic E-state index is 0.138. The Bertz CT molecular complexity index is 9100. The van der Waals surface area contributed by atoms with Crippen molar-refractivity contribution in [3.63, 3.8) is 0 Å². The first-order valence-corrected chi connectivity index (χ1v) is 48.2. The molecule has 0 aliphatic heterocycles. The number of benzene rings is 18. The molecule has 24 aromatic rings. The zero-order valence-electron chi connectivity index (χ0n) is 78.9. The molecule has 0 amide bonds. The van der Waals surface area contributed by atoms with Gasteiger partial charge in [0.1, 0.15) is 33.5 Å². The molecule has 4 aliphatic carbocycles. The van der Waals surface area contributed by atoms with Gasteiger partial charge in [-0.25, -0.2) is 44.9 Å². The molecule has 0 unspecified atom stereocenters. The number of nitrogens with zero attached hydrogens (tertiary/aromatic N) is 9. The maximum absolute atomic E-state index is 6.76. The van der Waals surface area contributed by atoms with Crippen molar-refractivity contribution < 1.29 is 13.3 Å². The summed E-state index contributed by atoms with van der Waals surface area (Å²) in [5.41, 5.74) is 38.0. The molecular formula is C129H91N9O3. The topological polar surface area (TPSA) is 155 Å². The highest BCUT2D eigenvalue weighted by Crippen LogP contribution is 2.60. The second-order valence-electron chi connectivity index (χ2n) is 39.3. The molecule has 0 bridgehead atoms. The Hall–Kier alpha value is -17.6. The smallest absolute Gasteiger partial charge is 0.167 e. The van der Waals surface area contributed by atoms with Crippen molar-refractivity contribution in [2.24, 2.45) is 0 Å². The molecule has 0 saturated heterocycles. The van der Waals surface area contributed by atoms with Crippen LogP contribution in [0.2, 0.25) is 0 Å². The van der Waals surface area contributed by atoms with Crippen molar-refractivity contribution in [3.05, 3.63) is 451 Å². The van der Waals surface area contributed by atoms with Crippen LogP contribution in [-0.4, -0.2) is 44.9 Å². The van der Waals surface area contributed by atoms with Gasteiger partial charge < -0.3 is 13.3 Å². The summed E-state index contributed by atoms with van der Waals surface area (Å²) in [6.45, 7) is 18.5. The molecule has 12 nitrogen and oxygen atoms in total. The fourth-order valence-corrected chi connectivity index (χ4v) is 22.5. The normalized spacial score (nSPS) is 13.8. The predicted octanol–water partition coefficient (Wildman–Crippen LogP) is 32.9. The van der Waals surface area contributed by atoms with Gasteiger partial charge in [0.2, 0.25) is 0 Å². The van der Waals surface area contributed by atoms with Crippen LogP contribution in [0.4, 0.5) is 0 Å². The van der Waals surface area contributed by atoms with E-state index in [1.165, 1.54) is 99.8 Å². The molecule has 0 fully saturated rings. The predicted molar refractivity (Wildman–Crippen MR) is 571 cm³/mol. The summed E-state index contributed by atoms with van der Waals surface area (Å²) in [7, 11) is 0. The van der Waals surface area contributed by atoms with Gasteiger partial charge in [0, 0.05) is 110 Å². The van der Waals surface area contributed by atoms with Crippen LogP contribution in [0, 0.1) is 0 Å². The van der Waals surface area contributed by atoms with Crippen LogP contribution < -0.4 is 0 Å². The van der Waals surface area contributed by atoms with E-state index < -0.39 is 0 Å². The first kappa shape index (κ1) is 83.9. The Morgan fingerprint density at radius 3 is 0.773 bits per heavy atom. The molecule has 0 atom stereocenters. The molecule has 6 heterocycles. The highest BCUT2D eigenvalue weighted by Gasteiger charge is 2.43. The van der Waals surface area contributed by atoms with Gasteiger partial charge >= 0.3 is 0 Å². The lowest BCUT2D eigenvalue weighted by molar-refractivity contribution is 0.656. The number of furan rings is 3. The third-order valence-electron chi connectivity index (χ3n) is 29.6. The highest BCUT2D eigenvalue weighted by atomic mass is 16.3. The summed E-state index contributed by atoms with van der Waals surface area (Å²) < 4.78 is 20.1. The van der Waals surface area contributed by atoms with Crippen molar-refractivity contribution in [1.82, 2.24) is 44.9 Å². The lowest BCUT2D eigenvalue weighted by Gasteiger charge is -2.22. The Morgan fingerprint density at radius 2 is 0.397 bits per heavy atom. The van der Waals surface area contributed by atoms with Crippen molar-refractivity contribution >= 4 is 65.8 Å². The van der Waals surface area contributed by atoms with E-state index in [1.807, 2.05) is 158 Å². The molecule has 670 valence electrons. The van der Waals surface area contributed by atoms with Gasteiger partial charge in [-0.15, -0.1) is 0 Å². The molecular weight excluding hydrogens is 1720 g/mol. The fraction of sp³-hybridized carbons (Fsp3) is 0.0930. The second-order valence-corrected chi connectivity index (χ2v) is 39.3. The van der Waals surface area contributed by atoms with Crippen molar-refractivity contribution in [1.29, 1.82) is 0 Å². The summed E-state index contributed by atoms with van der Waals surface area (Å²) in [6, 6.07) is 141. The quantitative estimate of drug-likeness (QED) is 0.121. The van der Waals surface area contributed by atoms with Crippen LogP contribution >= 0.6 is 0 Å². The number of aromatic nitrogens is 9. The minimum atomic E-state index is -0.216. The monoisotopic (exact) mass is 1810 g/mol. The standard InChI is InChI=1S/C45H33N3O.2C42H29N3O/c1-44(2)33-19-11-8-16-28(33)29-23-22-27(24-35(29)44)42-46-41(26-14-6-5-7-15-26)47-43(48-42)32-25-36-38(30-17-9-12-20-34(30)45(36,3)4)39-31-18-10-13-21-37(31)49-40(32)39;1-42(2)33-22-11-9-20-30(33)36-34(42)25-32(38-37(36)31-21-10-12-23-35(31)46-38)28-18-13-19-29(24-28)41-44-39(26-14-5-3-6-15-26)43-40(45-41)27-16-7-4-8-17-27;1-42(2)33-19-11-9-17-30(33)36-34(42)25-32(38-37(36)31-18-10-12-20-35(31)46-38)26-21-23-29(24-22-26)41-44-39(27-13-5-3-6-14-27)43-40(45-41)28-15-7-4-8-16-28/h5-25H,1-4H3;2*3-25H,1-2H3. The van der Waals surface area contributed by atoms with E-state index in [-0.39, 0.29) is 21.7 Å². The minimum Gasteiger partial charge on any atom is -0.455 e. The third-order valence-corrected chi connectivity index (χ3v) is 29.6. The Balaban J connectivity index is 0.000000109. The molecule has 28 rings (SSSR count). The third kappa shape index (κ3) is 13.7. The molecule has 0 spiro atoms. The number of hydrogen-bond donors (Lipinski definition) is 0. The molecule has 0 saturated carbocycles. The number of hydrogen-bond acceptors (Lipinski definition) is 12. The lowest BCUT2D eigenvalue weighted by atomic mass is 9.81. The molecule has 0 N–H and O–H groups in total. The lowest BCUT2D eigenvalue weighted by Crippen LogP contribution is -2.15. The summed E-state index contributed by atoms with van der Waals surface area (Å²) in [4.78, 5) is 45.2.